The van der Waals surface area contributed by atoms with Gasteiger partial charge in [-0.25, -0.2) is 9.78 Å². The molecule has 5 heteroatoms. The SMILES string of the molecule is CCOC(=O)c1c(N)nc(CC)n1C. The van der Waals surface area contributed by atoms with Crippen LogP contribution in [0.1, 0.15) is 30.2 Å². The second-order valence-corrected chi connectivity index (χ2v) is 2.89. The Morgan fingerprint density at radius 2 is 2.21 bits per heavy atom. The number of hydrogen-bond acceptors (Lipinski definition) is 4. The van der Waals surface area contributed by atoms with E-state index in [9.17, 15) is 4.79 Å². The van der Waals surface area contributed by atoms with E-state index < -0.39 is 5.97 Å². The summed E-state index contributed by atoms with van der Waals surface area (Å²) in [6, 6.07) is 0. The van der Waals surface area contributed by atoms with Gasteiger partial charge in [0.25, 0.3) is 0 Å². The van der Waals surface area contributed by atoms with Gasteiger partial charge in [0.2, 0.25) is 0 Å². The fourth-order valence-corrected chi connectivity index (χ4v) is 1.33. The molecule has 0 amide bonds. The van der Waals surface area contributed by atoms with Crippen molar-refractivity contribution in [3.05, 3.63) is 11.5 Å². The zero-order valence-electron chi connectivity index (χ0n) is 8.70. The van der Waals surface area contributed by atoms with Crippen LogP contribution < -0.4 is 5.73 Å². The molecule has 0 aliphatic heterocycles. The van der Waals surface area contributed by atoms with Crippen molar-refractivity contribution in [2.24, 2.45) is 7.05 Å². The smallest absolute Gasteiger partial charge is 0.358 e. The molecule has 0 radical (unpaired) electrons. The summed E-state index contributed by atoms with van der Waals surface area (Å²) in [6.45, 7) is 4.05. The maximum Gasteiger partial charge on any atom is 0.358 e. The summed E-state index contributed by atoms with van der Waals surface area (Å²) < 4.78 is 6.54. The quantitative estimate of drug-likeness (QED) is 0.725. The Morgan fingerprint density at radius 3 is 2.64 bits per heavy atom. The van der Waals surface area contributed by atoms with Gasteiger partial charge >= 0.3 is 5.97 Å². The van der Waals surface area contributed by atoms with E-state index in [2.05, 4.69) is 4.98 Å². The highest BCUT2D eigenvalue weighted by molar-refractivity contribution is 5.92. The van der Waals surface area contributed by atoms with E-state index in [1.54, 1.807) is 18.5 Å². The molecule has 78 valence electrons. The first-order chi connectivity index (χ1) is 6.61. The summed E-state index contributed by atoms with van der Waals surface area (Å²) >= 11 is 0. The zero-order valence-corrected chi connectivity index (χ0v) is 8.70. The van der Waals surface area contributed by atoms with Crippen LogP contribution in [-0.2, 0) is 18.2 Å². The molecule has 5 nitrogen and oxygen atoms in total. The number of nitrogens with zero attached hydrogens (tertiary/aromatic N) is 2. The molecule has 1 aromatic heterocycles. The molecule has 0 bridgehead atoms. The monoisotopic (exact) mass is 197 g/mol. The second-order valence-electron chi connectivity index (χ2n) is 2.89. The van der Waals surface area contributed by atoms with Crippen molar-refractivity contribution in [3.8, 4) is 0 Å². The lowest BCUT2D eigenvalue weighted by Crippen LogP contribution is -2.12. The van der Waals surface area contributed by atoms with Crippen molar-refractivity contribution in [1.29, 1.82) is 0 Å². The Kier molecular flexibility index (Phi) is 3.11. The molecule has 0 spiro atoms. The molecule has 0 saturated heterocycles. The average molecular weight is 197 g/mol. The largest absolute Gasteiger partial charge is 0.461 e. The molecule has 0 atom stereocenters. The number of aryl methyl sites for hydroxylation is 1. The van der Waals surface area contributed by atoms with Gasteiger partial charge in [0.15, 0.2) is 11.5 Å². The van der Waals surface area contributed by atoms with Crippen LogP contribution in [0, 0.1) is 0 Å². The highest BCUT2D eigenvalue weighted by Gasteiger charge is 2.19. The van der Waals surface area contributed by atoms with Gasteiger partial charge < -0.3 is 15.0 Å². The highest BCUT2D eigenvalue weighted by Crippen LogP contribution is 2.14. The molecule has 14 heavy (non-hydrogen) atoms. The lowest BCUT2D eigenvalue weighted by Gasteiger charge is -2.04. The van der Waals surface area contributed by atoms with Crippen molar-refractivity contribution in [3.63, 3.8) is 0 Å². The van der Waals surface area contributed by atoms with Crippen LogP contribution in [0.15, 0.2) is 0 Å². The lowest BCUT2D eigenvalue weighted by atomic mass is 10.4. The molecular formula is C9H15N3O2. The van der Waals surface area contributed by atoms with Gasteiger partial charge in [0.1, 0.15) is 5.82 Å². The number of imidazole rings is 1. The standard InChI is InChI=1S/C9H15N3O2/c1-4-6-11-8(10)7(12(6)3)9(13)14-5-2/h4-5,10H2,1-3H3. The van der Waals surface area contributed by atoms with Crippen LogP contribution in [0.5, 0.6) is 0 Å². The number of ether oxygens (including phenoxy) is 1. The third-order valence-corrected chi connectivity index (χ3v) is 2.00. The molecular weight excluding hydrogens is 182 g/mol. The third-order valence-electron chi connectivity index (χ3n) is 2.00. The van der Waals surface area contributed by atoms with Gasteiger partial charge in [0.05, 0.1) is 6.61 Å². The van der Waals surface area contributed by atoms with Crippen LogP contribution in [0.2, 0.25) is 0 Å². The third kappa shape index (κ3) is 1.71. The molecule has 1 rings (SSSR count). The first kappa shape index (κ1) is 10.6. The Bertz CT molecular complexity index is 344. The van der Waals surface area contributed by atoms with Crippen molar-refractivity contribution < 1.29 is 9.53 Å². The molecule has 2 N–H and O–H groups in total. The van der Waals surface area contributed by atoms with Gasteiger partial charge in [-0.15, -0.1) is 0 Å². The lowest BCUT2D eigenvalue weighted by molar-refractivity contribution is 0.0516. The van der Waals surface area contributed by atoms with E-state index >= 15 is 0 Å². The number of rotatable bonds is 3. The number of nitrogens with two attached hydrogens (primary N) is 1. The molecule has 0 aliphatic carbocycles. The number of anilines is 1. The first-order valence-corrected chi connectivity index (χ1v) is 4.60. The second kappa shape index (κ2) is 4.13. The zero-order chi connectivity index (χ0) is 10.7. The number of aromatic nitrogens is 2. The fourth-order valence-electron chi connectivity index (χ4n) is 1.33. The number of carbonyl (C=O) groups excluding carboxylic acids is 1. The minimum absolute atomic E-state index is 0.239. The first-order valence-electron chi connectivity index (χ1n) is 4.60. The fraction of sp³-hybridized carbons (Fsp3) is 0.556. The summed E-state index contributed by atoms with van der Waals surface area (Å²) in [5.41, 5.74) is 5.95. The van der Waals surface area contributed by atoms with E-state index in [0.717, 1.165) is 12.2 Å². The highest BCUT2D eigenvalue weighted by atomic mass is 16.5. The Labute approximate surface area is 82.9 Å². The van der Waals surface area contributed by atoms with E-state index in [1.807, 2.05) is 6.92 Å². The van der Waals surface area contributed by atoms with Crippen molar-refractivity contribution in [1.82, 2.24) is 9.55 Å². The number of nitrogen functional groups attached to an aromatic ring is 1. The Hall–Kier alpha value is -1.52. The summed E-state index contributed by atoms with van der Waals surface area (Å²) in [5.74, 6) is 0.605. The van der Waals surface area contributed by atoms with Crippen LogP contribution in [-0.4, -0.2) is 22.1 Å². The van der Waals surface area contributed by atoms with Crippen molar-refractivity contribution in [2.75, 3.05) is 12.3 Å². The molecule has 1 heterocycles. The van der Waals surface area contributed by atoms with Crippen molar-refractivity contribution >= 4 is 11.8 Å². The van der Waals surface area contributed by atoms with Gasteiger partial charge in [-0.3, -0.25) is 0 Å². The van der Waals surface area contributed by atoms with Crippen LogP contribution in [0.25, 0.3) is 0 Å². The Morgan fingerprint density at radius 1 is 1.57 bits per heavy atom. The summed E-state index contributed by atoms with van der Waals surface area (Å²) in [7, 11) is 1.76. The van der Waals surface area contributed by atoms with Crippen LogP contribution >= 0.6 is 0 Å². The summed E-state index contributed by atoms with van der Waals surface area (Å²) in [4.78, 5) is 15.5. The van der Waals surface area contributed by atoms with E-state index in [4.69, 9.17) is 10.5 Å². The van der Waals surface area contributed by atoms with Gasteiger partial charge in [-0.1, -0.05) is 6.92 Å². The average Bonchev–Trinajstić information content (AvgIpc) is 2.41. The number of hydrogen-bond donors (Lipinski definition) is 1. The molecule has 0 aromatic carbocycles. The van der Waals surface area contributed by atoms with Gasteiger partial charge in [-0.2, -0.15) is 0 Å². The normalized spacial score (nSPS) is 10.2. The van der Waals surface area contributed by atoms with Gasteiger partial charge in [-0.05, 0) is 6.92 Å². The maximum absolute atomic E-state index is 11.5. The number of esters is 1. The minimum Gasteiger partial charge on any atom is -0.461 e. The van der Waals surface area contributed by atoms with Crippen LogP contribution in [0.4, 0.5) is 5.82 Å². The predicted molar refractivity (Wildman–Crippen MR) is 53.0 cm³/mol. The Balaban J connectivity index is 3.07. The number of carbonyl (C=O) groups is 1. The summed E-state index contributed by atoms with van der Waals surface area (Å²) in [5, 5.41) is 0. The molecule has 0 saturated carbocycles. The molecule has 0 fully saturated rings. The van der Waals surface area contributed by atoms with E-state index in [-0.39, 0.29) is 5.82 Å². The van der Waals surface area contributed by atoms with Crippen molar-refractivity contribution in [2.45, 2.75) is 20.3 Å². The molecule has 0 unspecified atom stereocenters. The summed E-state index contributed by atoms with van der Waals surface area (Å²) in [6.07, 6.45) is 0.736. The van der Waals surface area contributed by atoms with E-state index in [1.165, 1.54) is 0 Å². The molecule has 0 aliphatic rings. The van der Waals surface area contributed by atoms with Crippen LogP contribution in [0.3, 0.4) is 0 Å². The van der Waals surface area contributed by atoms with Gasteiger partial charge in [0, 0.05) is 13.5 Å². The van der Waals surface area contributed by atoms with E-state index in [0.29, 0.717) is 12.3 Å². The maximum atomic E-state index is 11.5. The predicted octanol–water partition coefficient (Wildman–Crippen LogP) is 0.741. The minimum atomic E-state index is -0.417. The molecule has 1 aromatic rings. The topological polar surface area (TPSA) is 70.1 Å².